The third-order valence-electron chi connectivity index (χ3n) is 4.57. The third kappa shape index (κ3) is 3.21. The summed E-state index contributed by atoms with van der Waals surface area (Å²) in [5, 5.41) is 0. The molecule has 102 valence electrons. The van der Waals surface area contributed by atoms with E-state index in [-0.39, 0.29) is 5.54 Å². The van der Waals surface area contributed by atoms with Crippen molar-refractivity contribution >= 4 is 0 Å². The van der Waals surface area contributed by atoms with Gasteiger partial charge in [-0.1, -0.05) is 13.8 Å². The van der Waals surface area contributed by atoms with Gasteiger partial charge in [0.05, 0.1) is 0 Å². The molecule has 0 radical (unpaired) electrons. The van der Waals surface area contributed by atoms with E-state index in [9.17, 15) is 0 Å². The van der Waals surface area contributed by atoms with Crippen LogP contribution in [0.5, 0.6) is 0 Å². The van der Waals surface area contributed by atoms with Gasteiger partial charge in [0, 0.05) is 30.7 Å². The topological polar surface area (TPSA) is 32.5 Å². The van der Waals surface area contributed by atoms with Crippen LogP contribution in [0.3, 0.4) is 0 Å². The summed E-state index contributed by atoms with van der Waals surface area (Å²) < 4.78 is 0. The number of hydrogen-bond acceptors (Lipinski definition) is 3. The highest BCUT2D eigenvalue weighted by atomic mass is 15.3. The van der Waals surface area contributed by atoms with Gasteiger partial charge in [-0.2, -0.15) is 0 Å². The van der Waals surface area contributed by atoms with Crippen molar-refractivity contribution in [1.82, 2.24) is 9.80 Å². The van der Waals surface area contributed by atoms with Crippen LogP contribution in [0.2, 0.25) is 0 Å². The molecule has 0 aromatic heterocycles. The third-order valence-corrected chi connectivity index (χ3v) is 4.57. The molecular formula is C14H31N3. The van der Waals surface area contributed by atoms with E-state index in [2.05, 4.69) is 51.6 Å². The average Bonchev–Trinajstić information content (AvgIpc) is 2.54. The molecule has 17 heavy (non-hydrogen) atoms. The maximum absolute atomic E-state index is 6.09. The van der Waals surface area contributed by atoms with Crippen LogP contribution < -0.4 is 5.73 Å². The van der Waals surface area contributed by atoms with Crippen LogP contribution in [0.15, 0.2) is 0 Å². The number of nitrogens with two attached hydrogens (primary N) is 1. The summed E-state index contributed by atoms with van der Waals surface area (Å²) in [7, 11) is 4.47. The van der Waals surface area contributed by atoms with Gasteiger partial charge in [0.1, 0.15) is 0 Å². The van der Waals surface area contributed by atoms with Crippen molar-refractivity contribution in [2.45, 2.75) is 58.2 Å². The van der Waals surface area contributed by atoms with Crippen LogP contribution in [0, 0.1) is 5.92 Å². The Kier molecular flexibility index (Phi) is 4.99. The fourth-order valence-corrected chi connectivity index (χ4v) is 3.25. The van der Waals surface area contributed by atoms with Gasteiger partial charge >= 0.3 is 0 Å². The number of hydrogen-bond donors (Lipinski definition) is 1. The van der Waals surface area contributed by atoms with Crippen molar-refractivity contribution in [3.05, 3.63) is 0 Å². The zero-order valence-electron chi connectivity index (χ0n) is 12.5. The lowest BCUT2D eigenvalue weighted by Gasteiger charge is -2.42. The van der Waals surface area contributed by atoms with Crippen LogP contribution in [0.25, 0.3) is 0 Å². The van der Waals surface area contributed by atoms with Crippen LogP contribution in [-0.4, -0.2) is 54.6 Å². The largest absolute Gasteiger partial charge is 0.329 e. The van der Waals surface area contributed by atoms with E-state index in [1.807, 2.05) is 0 Å². The summed E-state index contributed by atoms with van der Waals surface area (Å²) in [6.45, 7) is 11.1. The SMILES string of the molecule is CC(C)CC(C)N(C)C1(CN)CC(C)N(C)C1. The molecule has 1 heterocycles. The highest BCUT2D eigenvalue weighted by Crippen LogP contribution is 2.32. The predicted octanol–water partition coefficient (Wildman–Crippen LogP) is 1.77. The molecule has 0 saturated carbocycles. The maximum atomic E-state index is 6.09. The van der Waals surface area contributed by atoms with Crippen molar-refractivity contribution in [1.29, 1.82) is 0 Å². The minimum atomic E-state index is 0.183. The monoisotopic (exact) mass is 241 g/mol. The van der Waals surface area contributed by atoms with E-state index >= 15 is 0 Å². The van der Waals surface area contributed by atoms with Crippen molar-refractivity contribution in [3.63, 3.8) is 0 Å². The van der Waals surface area contributed by atoms with Crippen LogP contribution >= 0.6 is 0 Å². The second-order valence-corrected chi connectivity index (χ2v) is 6.49. The van der Waals surface area contributed by atoms with E-state index in [1.165, 1.54) is 12.8 Å². The van der Waals surface area contributed by atoms with Gasteiger partial charge in [-0.25, -0.2) is 0 Å². The Labute approximate surface area is 107 Å². The first kappa shape index (κ1) is 14.9. The molecule has 1 saturated heterocycles. The standard InChI is InChI=1S/C14H31N3/c1-11(2)7-12(3)17(6)14(9-15)8-13(4)16(5)10-14/h11-13H,7-10,15H2,1-6H3. The first-order chi connectivity index (χ1) is 7.82. The Balaban J connectivity index is 2.73. The van der Waals surface area contributed by atoms with Gasteiger partial charge in [-0.15, -0.1) is 0 Å². The Hall–Kier alpha value is -0.120. The van der Waals surface area contributed by atoms with Gasteiger partial charge in [0.15, 0.2) is 0 Å². The van der Waals surface area contributed by atoms with Crippen LogP contribution in [0.1, 0.15) is 40.5 Å². The van der Waals surface area contributed by atoms with Crippen molar-refractivity contribution in [2.24, 2.45) is 11.7 Å². The van der Waals surface area contributed by atoms with E-state index in [4.69, 9.17) is 5.73 Å². The molecule has 0 aromatic carbocycles. The molecular weight excluding hydrogens is 210 g/mol. The Morgan fingerprint density at radius 2 is 2.00 bits per heavy atom. The number of likely N-dealkylation sites (N-methyl/N-ethyl adjacent to an activating group) is 2. The molecule has 0 aromatic rings. The average molecular weight is 241 g/mol. The molecule has 3 nitrogen and oxygen atoms in total. The van der Waals surface area contributed by atoms with Gasteiger partial charge in [-0.3, -0.25) is 4.90 Å². The number of rotatable bonds is 5. The first-order valence-electron chi connectivity index (χ1n) is 6.95. The summed E-state index contributed by atoms with van der Waals surface area (Å²) in [5.41, 5.74) is 6.28. The van der Waals surface area contributed by atoms with Gasteiger partial charge in [-0.05, 0) is 46.7 Å². The predicted molar refractivity (Wildman–Crippen MR) is 75.2 cm³/mol. The minimum absolute atomic E-state index is 0.183. The molecule has 1 aliphatic heterocycles. The van der Waals surface area contributed by atoms with E-state index < -0.39 is 0 Å². The van der Waals surface area contributed by atoms with E-state index in [0.29, 0.717) is 12.1 Å². The number of nitrogens with zero attached hydrogens (tertiary/aromatic N) is 2. The van der Waals surface area contributed by atoms with Crippen molar-refractivity contribution < 1.29 is 0 Å². The lowest BCUT2D eigenvalue weighted by atomic mass is 9.91. The molecule has 0 aliphatic carbocycles. The lowest BCUT2D eigenvalue weighted by molar-refractivity contribution is 0.0817. The molecule has 1 fully saturated rings. The fraction of sp³-hybridized carbons (Fsp3) is 1.00. The second kappa shape index (κ2) is 5.68. The normalized spacial score (nSPS) is 32.6. The molecule has 3 unspecified atom stereocenters. The smallest absolute Gasteiger partial charge is 0.0472 e. The first-order valence-corrected chi connectivity index (χ1v) is 6.95. The van der Waals surface area contributed by atoms with Crippen molar-refractivity contribution in [3.8, 4) is 0 Å². The van der Waals surface area contributed by atoms with E-state index in [0.717, 1.165) is 19.0 Å². The van der Waals surface area contributed by atoms with Gasteiger partial charge in [0.25, 0.3) is 0 Å². The highest BCUT2D eigenvalue weighted by molar-refractivity contribution is 5.02. The summed E-state index contributed by atoms with van der Waals surface area (Å²) in [6.07, 6.45) is 2.44. The lowest BCUT2D eigenvalue weighted by Crippen LogP contribution is -2.57. The fourth-order valence-electron chi connectivity index (χ4n) is 3.25. The minimum Gasteiger partial charge on any atom is -0.329 e. The summed E-state index contributed by atoms with van der Waals surface area (Å²) in [4.78, 5) is 4.97. The molecule has 0 spiro atoms. The molecule has 3 atom stereocenters. The van der Waals surface area contributed by atoms with Crippen molar-refractivity contribution in [2.75, 3.05) is 27.2 Å². The highest BCUT2D eigenvalue weighted by Gasteiger charge is 2.43. The molecule has 0 amide bonds. The zero-order chi connectivity index (χ0) is 13.2. The van der Waals surface area contributed by atoms with E-state index in [1.54, 1.807) is 0 Å². The number of likely N-dealkylation sites (tertiary alicyclic amines) is 1. The van der Waals surface area contributed by atoms with Gasteiger partial charge in [0.2, 0.25) is 0 Å². The maximum Gasteiger partial charge on any atom is 0.0472 e. The molecule has 2 N–H and O–H groups in total. The van der Waals surface area contributed by atoms with Gasteiger partial charge < -0.3 is 10.6 Å². The summed E-state index contributed by atoms with van der Waals surface area (Å²) in [6, 6.07) is 1.25. The molecule has 1 aliphatic rings. The molecule has 1 rings (SSSR count). The second-order valence-electron chi connectivity index (χ2n) is 6.49. The Morgan fingerprint density at radius 3 is 2.35 bits per heavy atom. The molecule has 0 bridgehead atoms. The zero-order valence-corrected chi connectivity index (χ0v) is 12.5. The van der Waals surface area contributed by atoms with Crippen LogP contribution in [0.4, 0.5) is 0 Å². The Bertz CT molecular complexity index is 230. The Morgan fingerprint density at radius 1 is 1.41 bits per heavy atom. The quantitative estimate of drug-likeness (QED) is 0.796. The summed E-state index contributed by atoms with van der Waals surface area (Å²) in [5.74, 6) is 0.749. The van der Waals surface area contributed by atoms with Crippen LogP contribution in [-0.2, 0) is 0 Å². The molecule has 3 heteroatoms. The summed E-state index contributed by atoms with van der Waals surface area (Å²) >= 11 is 0.